The summed E-state index contributed by atoms with van der Waals surface area (Å²) in [6.07, 6.45) is 6.47. The van der Waals surface area contributed by atoms with E-state index in [0.717, 1.165) is 27.8 Å². The highest BCUT2D eigenvalue weighted by molar-refractivity contribution is 8.18. The molecule has 192 valence electrons. The van der Waals surface area contributed by atoms with Crippen molar-refractivity contribution in [3.8, 4) is 5.69 Å². The lowest BCUT2D eigenvalue weighted by molar-refractivity contribution is -0.384. The third kappa shape index (κ3) is 4.99. The first-order chi connectivity index (χ1) is 19.1. The number of nitro benzene ring substituents is 1. The summed E-state index contributed by atoms with van der Waals surface area (Å²) in [5.41, 5.74) is 4.59. The van der Waals surface area contributed by atoms with Crippen LogP contribution in [-0.4, -0.2) is 37.0 Å². The maximum Gasteiger partial charge on any atom is 0.269 e. The third-order valence-corrected chi connectivity index (χ3v) is 7.55. The largest absolute Gasteiger partial charge is 0.361 e. The van der Waals surface area contributed by atoms with Crippen molar-refractivity contribution < 1.29 is 9.72 Å². The second-order valence-electron chi connectivity index (χ2n) is 8.98. The van der Waals surface area contributed by atoms with Gasteiger partial charge in [0.2, 0.25) is 0 Å². The average Bonchev–Trinajstić information content (AvgIpc) is 3.67. The van der Waals surface area contributed by atoms with Gasteiger partial charge in [0.15, 0.2) is 5.17 Å². The van der Waals surface area contributed by atoms with Gasteiger partial charge in [-0.3, -0.25) is 19.8 Å². The number of H-pyrrole nitrogens is 1. The van der Waals surface area contributed by atoms with Gasteiger partial charge in [0, 0.05) is 53.4 Å². The molecule has 3 heterocycles. The summed E-state index contributed by atoms with van der Waals surface area (Å²) in [7, 11) is 0. The number of aromatic nitrogens is 2. The topological polar surface area (TPSA) is 96.5 Å². The number of hydrogen-bond donors (Lipinski definition) is 1. The fraction of sp³-hybridized carbons (Fsp3) is 0.0667. The minimum Gasteiger partial charge on any atom is -0.361 e. The molecular weight excluding hydrogens is 510 g/mol. The maximum absolute atomic E-state index is 13.7. The zero-order valence-corrected chi connectivity index (χ0v) is 21.5. The molecule has 1 N–H and O–H groups in total. The van der Waals surface area contributed by atoms with E-state index in [-0.39, 0.29) is 11.6 Å². The van der Waals surface area contributed by atoms with Crippen LogP contribution in [0.25, 0.3) is 22.7 Å². The van der Waals surface area contributed by atoms with Crippen molar-refractivity contribution in [3.05, 3.63) is 130 Å². The van der Waals surface area contributed by atoms with Crippen LogP contribution in [-0.2, 0) is 11.2 Å². The third-order valence-electron chi connectivity index (χ3n) is 6.55. The smallest absolute Gasteiger partial charge is 0.269 e. The molecule has 3 aromatic carbocycles. The maximum atomic E-state index is 13.7. The van der Waals surface area contributed by atoms with Crippen LogP contribution in [0.2, 0.25) is 0 Å². The van der Waals surface area contributed by atoms with E-state index >= 15 is 0 Å². The summed E-state index contributed by atoms with van der Waals surface area (Å²) in [6.45, 7) is 0.441. The van der Waals surface area contributed by atoms with Gasteiger partial charge in [0.1, 0.15) is 0 Å². The minimum absolute atomic E-state index is 0.00690. The van der Waals surface area contributed by atoms with Crippen LogP contribution in [0.1, 0.15) is 11.3 Å². The van der Waals surface area contributed by atoms with Crippen LogP contribution in [0.5, 0.6) is 0 Å². The van der Waals surface area contributed by atoms with Gasteiger partial charge in [0.05, 0.1) is 15.5 Å². The molecule has 0 saturated carbocycles. The number of non-ortho nitro benzene ring substituents is 1. The quantitative estimate of drug-likeness (QED) is 0.143. The molecule has 1 saturated heterocycles. The summed E-state index contributed by atoms with van der Waals surface area (Å²) in [4.78, 5) is 34.6. The van der Waals surface area contributed by atoms with E-state index in [9.17, 15) is 14.9 Å². The predicted octanol–water partition coefficient (Wildman–Crippen LogP) is 6.71. The van der Waals surface area contributed by atoms with E-state index in [1.165, 1.54) is 23.9 Å². The first-order valence-corrected chi connectivity index (χ1v) is 13.2. The van der Waals surface area contributed by atoms with Gasteiger partial charge in [-0.1, -0.05) is 36.4 Å². The number of fused-ring (bicyclic) bond motifs is 1. The van der Waals surface area contributed by atoms with Gasteiger partial charge < -0.3 is 9.55 Å². The van der Waals surface area contributed by atoms with Gasteiger partial charge >= 0.3 is 0 Å². The number of hydrogen-bond acceptors (Lipinski definition) is 5. The normalized spacial score (nSPS) is 15.6. The number of rotatable bonds is 7. The lowest BCUT2D eigenvalue weighted by atomic mass is 10.1. The van der Waals surface area contributed by atoms with Gasteiger partial charge in [-0.2, -0.15) is 0 Å². The standard InChI is InChI=1S/C30H23N5O3S/c36-29-28(19-25-9-6-17-33(25)23-7-2-1-3-8-23)39-30(32-22-12-14-24(15-13-22)35(37)38)34(29)18-16-21-20-31-27-11-5-4-10-26(21)27/h1-15,17,19-20,31H,16,18H2/b28-19-,32-30?. The number of carbonyl (C=O) groups is 1. The second kappa shape index (κ2) is 10.5. The number of nitrogens with zero attached hydrogens (tertiary/aromatic N) is 4. The van der Waals surface area contributed by atoms with E-state index in [1.807, 2.05) is 83.7 Å². The van der Waals surface area contributed by atoms with Gasteiger partial charge in [-0.25, -0.2) is 4.99 Å². The Morgan fingerprint density at radius 3 is 2.51 bits per heavy atom. The summed E-state index contributed by atoms with van der Waals surface area (Å²) in [6, 6.07) is 28.0. The molecule has 1 amide bonds. The fourth-order valence-corrected chi connectivity index (χ4v) is 5.60. The molecule has 9 heteroatoms. The SMILES string of the molecule is O=C1/C(=C/c2cccn2-c2ccccc2)SC(=Nc2ccc([N+](=O)[O-])cc2)N1CCc1c[nH]c2ccccc12. The van der Waals surface area contributed by atoms with Crippen molar-refractivity contribution in [1.82, 2.24) is 14.5 Å². The number of benzene rings is 3. The van der Waals surface area contributed by atoms with E-state index in [1.54, 1.807) is 17.0 Å². The number of aliphatic imine (C=N–C) groups is 1. The fourth-order valence-electron chi connectivity index (χ4n) is 4.59. The molecule has 6 rings (SSSR count). The number of amides is 1. The number of carbonyl (C=O) groups excluding carboxylic acids is 1. The van der Waals surface area contributed by atoms with E-state index in [2.05, 4.69) is 11.1 Å². The van der Waals surface area contributed by atoms with Crippen LogP contribution < -0.4 is 0 Å². The van der Waals surface area contributed by atoms with Crippen molar-refractivity contribution >= 4 is 51.2 Å². The second-order valence-corrected chi connectivity index (χ2v) is 9.99. The molecule has 0 spiro atoms. The number of aromatic amines is 1. The Hall–Kier alpha value is -4.89. The molecule has 0 atom stereocenters. The Kier molecular flexibility index (Phi) is 6.56. The van der Waals surface area contributed by atoms with Crippen LogP contribution >= 0.6 is 11.8 Å². The van der Waals surface area contributed by atoms with Crippen molar-refractivity contribution in [2.24, 2.45) is 4.99 Å². The van der Waals surface area contributed by atoms with Crippen LogP contribution in [0.15, 0.2) is 113 Å². The van der Waals surface area contributed by atoms with Crippen molar-refractivity contribution in [3.63, 3.8) is 0 Å². The number of amidine groups is 1. The Labute approximate surface area is 228 Å². The van der Waals surface area contributed by atoms with Crippen LogP contribution in [0.4, 0.5) is 11.4 Å². The molecule has 0 aliphatic carbocycles. The van der Waals surface area contributed by atoms with Crippen LogP contribution in [0.3, 0.4) is 0 Å². The number of nitrogens with one attached hydrogen (secondary N) is 1. The van der Waals surface area contributed by atoms with Gasteiger partial charge in [-0.15, -0.1) is 0 Å². The number of nitro groups is 1. The van der Waals surface area contributed by atoms with E-state index in [4.69, 9.17) is 4.99 Å². The molecule has 0 radical (unpaired) electrons. The van der Waals surface area contributed by atoms with Gasteiger partial charge in [-0.05, 0) is 72.3 Å². The summed E-state index contributed by atoms with van der Waals surface area (Å²) in [5.74, 6) is -0.124. The zero-order chi connectivity index (χ0) is 26.8. The molecule has 0 unspecified atom stereocenters. The van der Waals surface area contributed by atoms with Crippen LogP contribution in [0, 0.1) is 10.1 Å². The predicted molar refractivity (Wildman–Crippen MR) is 155 cm³/mol. The molecule has 1 aliphatic rings. The lowest BCUT2D eigenvalue weighted by Crippen LogP contribution is -2.31. The Morgan fingerprint density at radius 1 is 0.949 bits per heavy atom. The average molecular weight is 534 g/mol. The first-order valence-electron chi connectivity index (χ1n) is 12.4. The Balaban J connectivity index is 1.33. The molecule has 1 fully saturated rings. The highest BCUT2D eigenvalue weighted by Crippen LogP contribution is 2.35. The molecule has 39 heavy (non-hydrogen) atoms. The summed E-state index contributed by atoms with van der Waals surface area (Å²) >= 11 is 1.31. The number of para-hydroxylation sites is 2. The van der Waals surface area contributed by atoms with E-state index < -0.39 is 4.92 Å². The van der Waals surface area contributed by atoms with Crippen molar-refractivity contribution in [2.45, 2.75) is 6.42 Å². The zero-order valence-electron chi connectivity index (χ0n) is 20.7. The van der Waals surface area contributed by atoms with Gasteiger partial charge in [0.25, 0.3) is 11.6 Å². The van der Waals surface area contributed by atoms with Crippen molar-refractivity contribution in [2.75, 3.05) is 6.54 Å². The highest BCUT2D eigenvalue weighted by atomic mass is 32.2. The Bertz CT molecular complexity index is 1740. The lowest BCUT2D eigenvalue weighted by Gasteiger charge is -2.15. The molecule has 2 aromatic heterocycles. The molecule has 8 nitrogen and oxygen atoms in total. The summed E-state index contributed by atoms with van der Waals surface area (Å²) in [5, 5.41) is 12.7. The molecule has 1 aliphatic heterocycles. The first kappa shape index (κ1) is 24.4. The molecule has 5 aromatic rings. The van der Waals surface area contributed by atoms with E-state index in [0.29, 0.717) is 28.7 Å². The molecular formula is C30H23N5O3S. The highest BCUT2D eigenvalue weighted by Gasteiger charge is 2.33. The minimum atomic E-state index is -0.443. The van der Waals surface area contributed by atoms with Crippen molar-refractivity contribution in [1.29, 1.82) is 0 Å². The number of thioether (sulfide) groups is 1. The molecule has 0 bridgehead atoms. The Morgan fingerprint density at radius 2 is 1.72 bits per heavy atom. The summed E-state index contributed by atoms with van der Waals surface area (Å²) < 4.78 is 2.03. The monoisotopic (exact) mass is 533 g/mol.